The lowest BCUT2D eigenvalue weighted by molar-refractivity contribution is 0.300. The Labute approximate surface area is 97.4 Å². The molecule has 0 saturated carbocycles. The first-order valence-electron chi connectivity index (χ1n) is 5.73. The van der Waals surface area contributed by atoms with Gasteiger partial charge in [0.15, 0.2) is 0 Å². The Kier molecular flexibility index (Phi) is 3.14. The molecule has 0 bridgehead atoms. The summed E-state index contributed by atoms with van der Waals surface area (Å²) >= 11 is 0. The predicted molar refractivity (Wildman–Crippen MR) is 68.1 cm³/mol. The number of benzene rings is 1. The Morgan fingerprint density at radius 2 is 1.75 bits per heavy atom. The molecule has 1 aromatic rings. The quantitative estimate of drug-likeness (QED) is 0.720. The summed E-state index contributed by atoms with van der Waals surface area (Å²) in [7, 11) is 1.76. The highest BCUT2D eigenvalue weighted by atomic mass is 16.5. The normalized spacial score (nSPS) is 16.1. The van der Waals surface area contributed by atoms with E-state index < -0.39 is 0 Å². The predicted octanol–water partition coefficient (Wildman–Crippen LogP) is 4.09. The van der Waals surface area contributed by atoms with Crippen molar-refractivity contribution in [2.75, 3.05) is 7.11 Å². The van der Waals surface area contributed by atoms with Crippen LogP contribution in [0.15, 0.2) is 41.7 Å². The number of ether oxygens (including phenoxy) is 1. The van der Waals surface area contributed by atoms with Gasteiger partial charge >= 0.3 is 0 Å². The molecule has 1 aliphatic carbocycles. The molecular formula is C15H18O. The third kappa shape index (κ3) is 2.04. The van der Waals surface area contributed by atoms with Crippen LogP contribution in [-0.2, 0) is 4.74 Å². The van der Waals surface area contributed by atoms with Crippen LogP contribution in [0, 0.1) is 6.92 Å². The van der Waals surface area contributed by atoms with Crippen molar-refractivity contribution in [3.63, 3.8) is 0 Å². The molecule has 1 heteroatoms. The van der Waals surface area contributed by atoms with Crippen LogP contribution >= 0.6 is 0 Å². The highest BCUT2D eigenvalue weighted by Gasteiger charge is 2.15. The van der Waals surface area contributed by atoms with Gasteiger partial charge < -0.3 is 4.74 Å². The van der Waals surface area contributed by atoms with E-state index >= 15 is 0 Å². The summed E-state index contributed by atoms with van der Waals surface area (Å²) in [5.74, 6) is 1.05. The third-order valence-corrected chi connectivity index (χ3v) is 3.08. The van der Waals surface area contributed by atoms with Crippen LogP contribution in [0.1, 0.15) is 30.9 Å². The maximum absolute atomic E-state index is 5.51. The van der Waals surface area contributed by atoms with E-state index in [-0.39, 0.29) is 0 Å². The van der Waals surface area contributed by atoms with Crippen LogP contribution in [0.2, 0.25) is 0 Å². The number of aryl methyl sites for hydroxylation is 1. The van der Waals surface area contributed by atoms with Gasteiger partial charge in [0.25, 0.3) is 0 Å². The Morgan fingerprint density at radius 3 is 2.38 bits per heavy atom. The lowest BCUT2D eigenvalue weighted by Gasteiger charge is -2.19. The van der Waals surface area contributed by atoms with Gasteiger partial charge in [-0.1, -0.05) is 35.9 Å². The zero-order chi connectivity index (χ0) is 11.5. The second-order valence-corrected chi connectivity index (χ2v) is 4.30. The second kappa shape index (κ2) is 4.56. The van der Waals surface area contributed by atoms with Crippen molar-refractivity contribution in [3.8, 4) is 0 Å². The average molecular weight is 214 g/mol. The Balaban J connectivity index is 2.45. The summed E-state index contributed by atoms with van der Waals surface area (Å²) in [5, 5.41) is 0. The fraction of sp³-hybridized carbons (Fsp3) is 0.333. The zero-order valence-corrected chi connectivity index (χ0v) is 10.2. The van der Waals surface area contributed by atoms with Gasteiger partial charge in [0.05, 0.1) is 7.11 Å². The Bertz CT molecular complexity index is 435. The van der Waals surface area contributed by atoms with Crippen LogP contribution < -0.4 is 0 Å². The lowest BCUT2D eigenvalue weighted by atomic mass is 9.92. The highest BCUT2D eigenvalue weighted by Crippen LogP contribution is 2.32. The molecule has 0 heterocycles. The topological polar surface area (TPSA) is 9.23 Å². The minimum atomic E-state index is 1.05. The zero-order valence-electron chi connectivity index (χ0n) is 10.2. The minimum Gasteiger partial charge on any atom is -0.496 e. The first-order chi connectivity index (χ1) is 7.72. The first kappa shape index (κ1) is 11.0. The summed E-state index contributed by atoms with van der Waals surface area (Å²) in [6, 6.07) is 8.68. The smallest absolute Gasteiger partial charge is 0.125 e. The van der Waals surface area contributed by atoms with Crippen LogP contribution in [0.5, 0.6) is 0 Å². The molecule has 0 radical (unpaired) electrons. The van der Waals surface area contributed by atoms with E-state index in [9.17, 15) is 0 Å². The van der Waals surface area contributed by atoms with Crippen molar-refractivity contribution in [2.45, 2.75) is 26.7 Å². The largest absolute Gasteiger partial charge is 0.496 e. The Hall–Kier alpha value is -1.50. The van der Waals surface area contributed by atoms with Crippen LogP contribution in [0.4, 0.5) is 0 Å². The van der Waals surface area contributed by atoms with Gasteiger partial charge in [-0.25, -0.2) is 0 Å². The minimum absolute atomic E-state index is 1.05. The third-order valence-electron chi connectivity index (χ3n) is 3.08. The highest BCUT2D eigenvalue weighted by molar-refractivity contribution is 5.72. The molecule has 0 amide bonds. The van der Waals surface area contributed by atoms with Crippen LogP contribution in [-0.4, -0.2) is 7.11 Å². The molecule has 0 spiro atoms. The molecule has 2 rings (SSSR count). The van der Waals surface area contributed by atoms with Gasteiger partial charge in [-0.2, -0.15) is 0 Å². The van der Waals surface area contributed by atoms with E-state index in [0.29, 0.717) is 0 Å². The molecule has 0 aromatic heterocycles. The van der Waals surface area contributed by atoms with Gasteiger partial charge in [-0.05, 0) is 37.8 Å². The molecule has 0 unspecified atom stereocenters. The Morgan fingerprint density at radius 1 is 1.06 bits per heavy atom. The van der Waals surface area contributed by atoms with Crippen molar-refractivity contribution in [3.05, 3.63) is 52.8 Å². The molecular weight excluding hydrogens is 196 g/mol. The van der Waals surface area contributed by atoms with Gasteiger partial charge in [0.1, 0.15) is 5.76 Å². The molecule has 0 saturated heterocycles. The summed E-state index contributed by atoms with van der Waals surface area (Å²) in [5.41, 5.74) is 5.17. The molecule has 1 aliphatic rings. The number of hydrogen-bond donors (Lipinski definition) is 0. The molecule has 0 aliphatic heterocycles. The summed E-state index contributed by atoms with van der Waals surface area (Å²) in [4.78, 5) is 0. The summed E-state index contributed by atoms with van der Waals surface area (Å²) < 4.78 is 5.51. The van der Waals surface area contributed by atoms with Gasteiger partial charge in [-0.15, -0.1) is 0 Å². The maximum Gasteiger partial charge on any atom is 0.125 e. The molecule has 1 aromatic carbocycles. The molecule has 1 nitrogen and oxygen atoms in total. The van der Waals surface area contributed by atoms with E-state index in [4.69, 9.17) is 4.74 Å². The lowest BCUT2D eigenvalue weighted by Crippen LogP contribution is -2.01. The van der Waals surface area contributed by atoms with Crippen molar-refractivity contribution < 1.29 is 4.74 Å². The number of rotatable bonds is 2. The number of hydrogen-bond acceptors (Lipinski definition) is 1. The second-order valence-electron chi connectivity index (χ2n) is 4.30. The van der Waals surface area contributed by atoms with Gasteiger partial charge in [0, 0.05) is 5.57 Å². The molecule has 0 N–H and O–H groups in total. The monoisotopic (exact) mass is 214 g/mol. The van der Waals surface area contributed by atoms with Gasteiger partial charge in [0.2, 0.25) is 0 Å². The molecule has 16 heavy (non-hydrogen) atoms. The number of methoxy groups -OCH3 is 1. The molecule has 0 atom stereocenters. The van der Waals surface area contributed by atoms with Crippen molar-refractivity contribution >= 4 is 5.57 Å². The SMILES string of the molecule is COC1=C(c2ccc(C)cc2)CCC=C1C. The van der Waals surface area contributed by atoms with Crippen molar-refractivity contribution in [2.24, 2.45) is 0 Å². The van der Waals surface area contributed by atoms with Crippen LogP contribution in [0.25, 0.3) is 5.57 Å². The standard InChI is InChI=1S/C15H18O/c1-11-7-9-13(10-8-11)14-6-4-5-12(2)15(14)16-3/h5,7-10H,4,6H2,1-3H3. The van der Waals surface area contributed by atoms with E-state index in [0.717, 1.165) is 18.6 Å². The van der Waals surface area contributed by atoms with E-state index in [1.54, 1.807) is 7.11 Å². The van der Waals surface area contributed by atoms with Crippen LogP contribution in [0.3, 0.4) is 0 Å². The molecule has 84 valence electrons. The van der Waals surface area contributed by atoms with Crippen molar-refractivity contribution in [1.82, 2.24) is 0 Å². The van der Waals surface area contributed by atoms with Crippen molar-refractivity contribution in [1.29, 1.82) is 0 Å². The van der Waals surface area contributed by atoms with Gasteiger partial charge in [-0.3, -0.25) is 0 Å². The number of allylic oxidation sites excluding steroid dienone is 3. The fourth-order valence-corrected chi connectivity index (χ4v) is 2.19. The first-order valence-corrected chi connectivity index (χ1v) is 5.73. The average Bonchev–Trinajstić information content (AvgIpc) is 2.30. The fourth-order valence-electron chi connectivity index (χ4n) is 2.19. The maximum atomic E-state index is 5.51. The van der Waals surface area contributed by atoms with E-state index in [2.05, 4.69) is 44.2 Å². The van der Waals surface area contributed by atoms with E-state index in [1.807, 2.05) is 0 Å². The summed E-state index contributed by atoms with van der Waals surface area (Å²) in [6.45, 7) is 4.23. The van der Waals surface area contributed by atoms with E-state index in [1.165, 1.54) is 22.3 Å². The molecule has 0 fully saturated rings. The summed E-state index contributed by atoms with van der Waals surface area (Å²) in [6.07, 6.45) is 4.43.